The maximum Gasteiger partial charge on any atom is 0.417 e. The first-order valence-corrected chi connectivity index (χ1v) is 7.83. The van der Waals surface area contributed by atoms with Crippen molar-refractivity contribution in [2.24, 2.45) is 0 Å². The summed E-state index contributed by atoms with van der Waals surface area (Å²) in [6.07, 6.45) is -2.06. The number of carbonyl (C=O) groups excluding carboxylic acids is 1. The molecule has 2 aromatic rings. The van der Waals surface area contributed by atoms with Gasteiger partial charge in [0.2, 0.25) is 5.91 Å². The standard InChI is InChI=1S/C16H10ClF3INO/c17-12-7-5-10(9-11(12)16(18,19)20)6-8-15(23)22-14-4-2-1-3-13(14)21/h1-9H,(H,22,23)/b8-6+. The predicted molar refractivity (Wildman–Crippen MR) is 93.3 cm³/mol. The van der Waals surface area contributed by atoms with Crippen LogP contribution in [0, 0.1) is 3.57 Å². The van der Waals surface area contributed by atoms with Crippen molar-refractivity contribution in [2.75, 3.05) is 5.32 Å². The van der Waals surface area contributed by atoms with Gasteiger partial charge in [-0.1, -0.05) is 29.8 Å². The van der Waals surface area contributed by atoms with Crippen LogP contribution in [0.2, 0.25) is 5.02 Å². The predicted octanol–water partition coefficient (Wildman–Crippen LogP) is 5.62. The van der Waals surface area contributed by atoms with Crippen LogP contribution in [0.1, 0.15) is 11.1 Å². The maximum atomic E-state index is 12.8. The first-order valence-electron chi connectivity index (χ1n) is 6.38. The van der Waals surface area contributed by atoms with Crippen molar-refractivity contribution in [2.45, 2.75) is 6.18 Å². The van der Waals surface area contributed by atoms with Crippen molar-refractivity contribution in [1.82, 2.24) is 0 Å². The topological polar surface area (TPSA) is 29.1 Å². The zero-order valence-electron chi connectivity index (χ0n) is 11.5. The summed E-state index contributed by atoms with van der Waals surface area (Å²) >= 11 is 7.62. The quantitative estimate of drug-likeness (QED) is 0.477. The third-order valence-corrected chi connectivity index (χ3v) is 4.12. The molecule has 7 heteroatoms. The molecule has 0 aliphatic carbocycles. The maximum absolute atomic E-state index is 12.8. The molecule has 0 radical (unpaired) electrons. The van der Waals surface area contributed by atoms with Gasteiger partial charge < -0.3 is 5.32 Å². The SMILES string of the molecule is O=C(/C=C/c1ccc(Cl)c(C(F)(F)F)c1)Nc1ccccc1I. The number of para-hydroxylation sites is 1. The summed E-state index contributed by atoms with van der Waals surface area (Å²) in [4.78, 5) is 11.8. The Balaban J connectivity index is 2.14. The van der Waals surface area contributed by atoms with Gasteiger partial charge in [-0.3, -0.25) is 4.79 Å². The van der Waals surface area contributed by atoms with Gasteiger partial charge in [0, 0.05) is 9.65 Å². The molecule has 0 unspecified atom stereocenters. The summed E-state index contributed by atoms with van der Waals surface area (Å²) in [6, 6.07) is 10.6. The minimum absolute atomic E-state index is 0.236. The smallest absolute Gasteiger partial charge is 0.322 e. The molecule has 120 valence electrons. The van der Waals surface area contributed by atoms with Crippen LogP contribution >= 0.6 is 34.2 Å². The summed E-state index contributed by atoms with van der Waals surface area (Å²) < 4.78 is 39.2. The molecule has 1 N–H and O–H groups in total. The van der Waals surface area contributed by atoms with Crippen LogP contribution in [0.25, 0.3) is 6.08 Å². The Morgan fingerprint density at radius 3 is 2.52 bits per heavy atom. The summed E-state index contributed by atoms with van der Waals surface area (Å²) in [5.74, 6) is -0.433. The van der Waals surface area contributed by atoms with E-state index in [0.717, 1.165) is 15.7 Å². The molecule has 23 heavy (non-hydrogen) atoms. The van der Waals surface area contributed by atoms with E-state index < -0.39 is 17.6 Å². The molecule has 2 nitrogen and oxygen atoms in total. The van der Waals surface area contributed by atoms with E-state index in [9.17, 15) is 18.0 Å². The van der Waals surface area contributed by atoms with Crippen molar-refractivity contribution < 1.29 is 18.0 Å². The minimum atomic E-state index is -4.54. The molecule has 0 saturated heterocycles. The van der Waals surface area contributed by atoms with E-state index in [1.54, 1.807) is 12.1 Å². The van der Waals surface area contributed by atoms with Crippen LogP contribution in [0.15, 0.2) is 48.5 Å². The second kappa shape index (κ2) is 7.35. The van der Waals surface area contributed by atoms with Crippen LogP contribution in [-0.4, -0.2) is 5.91 Å². The number of amides is 1. The molecule has 0 aliphatic rings. The zero-order chi connectivity index (χ0) is 17.0. The zero-order valence-corrected chi connectivity index (χ0v) is 14.4. The largest absolute Gasteiger partial charge is 0.417 e. The number of rotatable bonds is 3. The van der Waals surface area contributed by atoms with E-state index in [1.807, 2.05) is 12.1 Å². The normalized spacial score (nSPS) is 11.7. The fourth-order valence-electron chi connectivity index (χ4n) is 1.77. The molecule has 0 atom stereocenters. The Bertz CT molecular complexity index is 759. The third-order valence-electron chi connectivity index (χ3n) is 2.85. The Morgan fingerprint density at radius 1 is 1.17 bits per heavy atom. The number of carbonyl (C=O) groups is 1. The van der Waals surface area contributed by atoms with Gasteiger partial charge in [0.25, 0.3) is 0 Å². The van der Waals surface area contributed by atoms with Crippen LogP contribution in [0.5, 0.6) is 0 Å². The van der Waals surface area contributed by atoms with Crippen LogP contribution < -0.4 is 5.32 Å². The highest BCUT2D eigenvalue weighted by molar-refractivity contribution is 14.1. The molecule has 0 spiro atoms. The Kier molecular flexibility index (Phi) is 5.69. The highest BCUT2D eigenvalue weighted by Crippen LogP contribution is 2.35. The van der Waals surface area contributed by atoms with Crippen molar-refractivity contribution in [3.05, 3.63) is 68.3 Å². The third kappa shape index (κ3) is 4.97. The van der Waals surface area contributed by atoms with Gasteiger partial charge in [0.1, 0.15) is 0 Å². The van der Waals surface area contributed by atoms with E-state index in [2.05, 4.69) is 27.9 Å². The Morgan fingerprint density at radius 2 is 1.87 bits per heavy atom. The number of alkyl halides is 3. The van der Waals surface area contributed by atoms with Crippen molar-refractivity contribution in [1.29, 1.82) is 0 Å². The minimum Gasteiger partial charge on any atom is -0.322 e. The van der Waals surface area contributed by atoms with Crippen molar-refractivity contribution in [3.63, 3.8) is 0 Å². The summed E-state index contributed by atoms with van der Waals surface area (Å²) in [6.45, 7) is 0. The molecule has 0 aromatic heterocycles. The van der Waals surface area contributed by atoms with E-state index in [1.165, 1.54) is 18.2 Å². The lowest BCUT2D eigenvalue weighted by Gasteiger charge is -2.09. The molecule has 2 rings (SSSR count). The van der Waals surface area contributed by atoms with E-state index in [0.29, 0.717) is 5.69 Å². The molecule has 0 fully saturated rings. The van der Waals surface area contributed by atoms with Gasteiger partial charge in [0.05, 0.1) is 16.3 Å². The van der Waals surface area contributed by atoms with E-state index in [-0.39, 0.29) is 10.6 Å². The monoisotopic (exact) mass is 451 g/mol. The van der Waals surface area contributed by atoms with Gasteiger partial charge in [-0.15, -0.1) is 0 Å². The Labute approximate surface area is 149 Å². The van der Waals surface area contributed by atoms with Gasteiger partial charge in [0.15, 0.2) is 0 Å². The second-order valence-electron chi connectivity index (χ2n) is 4.54. The second-order valence-corrected chi connectivity index (χ2v) is 6.11. The summed E-state index contributed by atoms with van der Waals surface area (Å²) in [5.41, 5.74) is -0.0613. The van der Waals surface area contributed by atoms with Gasteiger partial charge in [-0.25, -0.2) is 0 Å². The van der Waals surface area contributed by atoms with E-state index in [4.69, 9.17) is 11.6 Å². The number of benzene rings is 2. The molecule has 0 saturated carbocycles. The Hall–Kier alpha value is -1.54. The number of hydrogen-bond donors (Lipinski definition) is 1. The average molecular weight is 452 g/mol. The van der Waals surface area contributed by atoms with Gasteiger partial charge >= 0.3 is 6.18 Å². The lowest BCUT2D eigenvalue weighted by atomic mass is 10.1. The first kappa shape index (κ1) is 17.8. The van der Waals surface area contributed by atoms with Gasteiger partial charge in [-0.05, 0) is 58.5 Å². The number of anilines is 1. The number of hydrogen-bond acceptors (Lipinski definition) is 1. The highest BCUT2D eigenvalue weighted by Gasteiger charge is 2.33. The molecular formula is C16H10ClF3INO. The molecular weight excluding hydrogens is 442 g/mol. The van der Waals surface area contributed by atoms with E-state index >= 15 is 0 Å². The molecule has 1 amide bonds. The molecule has 0 heterocycles. The first-order chi connectivity index (χ1) is 10.8. The lowest BCUT2D eigenvalue weighted by molar-refractivity contribution is -0.137. The molecule has 0 aliphatic heterocycles. The van der Waals surface area contributed by atoms with Crippen LogP contribution in [-0.2, 0) is 11.0 Å². The fraction of sp³-hybridized carbons (Fsp3) is 0.0625. The molecule has 0 bridgehead atoms. The van der Waals surface area contributed by atoms with Crippen LogP contribution in [0.3, 0.4) is 0 Å². The lowest BCUT2D eigenvalue weighted by Crippen LogP contribution is -2.09. The summed E-state index contributed by atoms with van der Waals surface area (Å²) in [7, 11) is 0. The average Bonchev–Trinajstić information content (AvgIpc) is 2.47. The molecule has 2 aromatic carbocycles. The van der Waals surface area contributed by atoms with Crippen LogP contribution in [0.4, 0.5) is 18.9 Å². The van der Waals surface area contributed by atoms with Crippen molar-refractivity contribution >= 4 is 51.9 Å². The van der Waals surface area contributed by atoms with Crippen molar-refractivity contribution in [3.8, 4) is 0 Å². The summed E-state index contributed by atoms with van der Waals surface area (Å²) in [5, 5.41) is 2.28. The number of halogens is 5. The van der Waals surface area contributed by atoms with Gasteiger partial charge in [-0.2, -0.15) is 13.2 Å². The number of nitrogens with one attached hydrogen (secondary N) is 1. The highest BCUT2D eigenvalue weighted by atomic mass is 127. The fourth-order valence-corrected chi connectivity index (χ4v) is 2.52.